The Morgan fingerprint density at radius 3 is 2.24 bits per heavy atom. The normalized spacial score (nSPS) is 14.5. The maximum absolute atomic E-state index is 12.5. The zero-order valence-electron chi connectivity index (χ0n) is 15.4. The van der Waals surface area contributed by atoms with Gasteiger partial charge in [-0.05, 0) is 61.7 Å². The summed E-state index contributed by atoms with van der Waals surface area (Å²) in [5.74, 6) is 0.169. The number of anilines is 2. The number of rotatable bonds is 4. The van der Waals surface area contributed by atoms with Crippen LogP contribution in [0.3, 0.4) is 0 Å². The highest BCUT2D eigenvalue weighted by Crippen LogP contribution is 2.18. The van der Waals surface area contributed by atoms with Crippen molar-refractivity contribution in [1.29, 1.82) is 0 Å². The van der Waals surface area contributed by atoms with Gasteiger partial charge in [0.2, 0.25) is 5.91 Å². The summed E-state index contributed by atoms with van der Waals surface area (Å²) in [4.78, 5) is 16.8. The van der Waals surface area contributed by atoms with Crippen molar-refractivity contribution in [3.8, 4) is 0 Å². The van der Waals surface area contributed by atoms with Gasteiger partial charge in [0.1, 0.15) is 0 Å². The molecule has 0 aromatic heterocycles. The first kappa shape index (κ1) is 17.3. The van der Waals surface area contributed by atoms with Gasteiger partial charge < -0.3 is 15.1 Å². The number of hydrogen-bond donors (Lipinski definition) is 1. The molecule has 1 heterocycles. The van der Waals surface area contributed by atoms with Crippen LogP contribution in [0.4, 0.5) is 11.4 Å². The molecule has 1 fully saturated rings. The van der Waals surface area contributed by atoms with Gasteiger partial charge in [-0.2, -0.15) is 0 Å². The fourth-order valence-corrected chi connectivity index (χ4v) is 3.40. The minimum Gasteiger partial charge on any atom is -0.376 e. The molecule has 0 radical (unpaired) electrons. The highest BCUT2D eigenvalue weighted by atomic mass is 16.2. The Kier molecular flexibility index (Phi) is 5.27. The van der Waals surface area contributed by atoms with Crippen molar-refractivity contribution in [2.24, 2.45) is 0 Å². The molecular weight excluding hydrogens is 310 g/mol. The molecule has 3 rings (SSSR count). The van der Waals surface area contributed by atoms with Gasteiger partial charge in [-0.25, -0.2) is 0 Å². The fourth-order valence-electron chi connectivity index (χ4n) is 3.40. The second-order valence-corrected chi connectivity index (χ2v) is 6.94. The summed E-state index contributed by atoms with van der Waals surface area (Å²) in [6, 6.07) is 14.9. The molecule has 4 nitrogen and oxygen atoms in total. The summed E-state index contributed by atoms with van der Waals surface area (Å²) in [6.45, 7) is 9.95. The molecule has 2 aromatic carbocycles. The predicted molar refractivity (Wildman–Crippen MR) is 104 cm³/mol. The molecule has 132 valence electrons. The molecular formula is C21H27N3O. The number of carbonyl (C=O) groups excluding carboxylic acids is 1. The minimum absolute atomic E-state index is 0.169. The van der Waals surface area contributed by atoms with Gasteiger partial charge in [-0.15, -0.1) is 0 Å². The Labute approximate surface area is 150 Å². The summed E-state index contributed by atoms with van der Waals surface area (Å²) < 4.78 is 0. The first-order valence-corrected chi connectivity index (χ1v) is 8.93. The Bertz CT molecular complexity index is 728. The second-order valence-electron chi connectivity index (χ2n) is 6.94. The summed E-state index contributed by atoms with van der Waals surface area (Å²) in [6.07, 6.45) is 0. The van der Waals surface area contributed by atoms with E-state index in [2.05, 4.69) is 73.5 Å². The molecule has 25 heavy (non-hydrogen) atoms. The van der Waals surface area contributed by atoms with Crippen molar-refractivity contribution < 1.29 is 4.79 Å². The molecule has 0 saturated carbocycles. The lowest BCUT2D eigenvalue weighted by molar-refractivity contribution is -0.129. The van der Waals surface area contributed by atoms with E-state index >= 15 is 0 Å². The van der Waals surface area contributed by atoms with Crippen LogP contribution >= 0.6 is 0 Å². The van der Waals surface area contributed by atoms with Crippen molar-refractivity contribution in [3.63, 3.8) is 0 Å². The molecule has 0 spiro atoms. The lowest BCUT2D eigenvalue weighted by Crippen LogP contribution is -2.50. The number of nitrogens with zero attached hydrogens (tertiary/aromatic N) is 2. The molecule has 1 amide bonds. The number of hydrogen-bond acceptors (Lipinski definition) is 3. The Morgan fingerprint density at radius 2 is 1.60 bits per heavy atom. The van der Waals surface area contributed by atoms with Crippen LogP contribution in [0.2, 0.25) is 0 Å². The van der Waals surface area contributed by atoms with Crippen molar-refractivity contribution in [2.45, 2.75) is 20.8 Å². The van der Waals surface area contributed by atoms with E-state index in [1.807, 2.05) is 4.90 Å². The van der Waals surface area contributed by atoms with Gasteiger partial charge in [-0.1, -0.05) is 18.2 Å². The molecule has 4 heteroatoms. The van der Waals surface area contributed by atoms with Crippen LogP contribution in [0.5, 0.6) is 0 Å². The molecule has 1 aliphatic heterocycles. The molecule has 0 atom stereocenters. The van der Waals surface area contributed by atoms with E-state index in [-0.39, 0.29) is 5.91 Å². The molecule has 1 saturated heterocycles. The van der Waals surface area contributed by atoms with Crippen LogP contribution in [0.15, 0.2) is 42.5 Å². The Balaban J connectivity index is 1.51. The number of piperazine rings is 1. The van der Waals surface area contributed by atoms with Crippen LogP contribution in [-0.2, 0) is 4.79 Å². The minimum atomic E-state index is 0.169. The van der Waals surface area contributed by atoms with Gasteiger partial charge in [0.25, 0.3) is 0 Å². The van der Waals surface area contributed by atoms with E-state index in [0.717, 1.165) is 31.9 Å². The highest BCUT2D eigenvalue weighted by molar-refractivity contribution is 5.81. The maximum Gasteiger partial charge on any atom is 0.241 e. The standard InChI is InChI=1S/C21H27N3O/c1-16-5-4-6-20(14-16)23-7-9-24(10-8-23)21(25)15-22-19-12-17(2)11-18(3)13-19/h4-6,11-14,22H,7-10,15H2,1-3H3. The zero-order valence-corrected chi connectivity index (χ0v) is 15.4. The molecule has 1 aliphatic rings. The summed E-state index contributed by atoms with van der Waals surface area (Å²) in [7, 11) is 0. The van der Waals surface area contributed by atoms with E-state index in [1.54, 1.807) is 0 Å². The molecule has 2 aromatic rings. The van der Waals surface area contributed by atoms with Crippen LogP contribution in [0, 0.1) is 20.8 Å². The van der Waals surface area contributed by atoms with Crippen molar-refractivity contribution in [1.82, 2.24) is 4.90 Å². The van der Waals surface area contributed by atoms with E-state index < -0.39 is 0 Å². The first-order chi connectivity index (χ1) is 12.0. The van der Waals surface area contributed by atoms with Gasteiger partial charge in [-0.3, -0.25) is 4.79 Å². The van der Waals surface area contributed by atoms with Gasteiger partial charge in [0.15, 0.2) is 0 Å². The van der Waals surface area contributed by atoms with Crippen LogP contribution in [0.1, 0.15) is 16.7 Å². The Morgan fingerprint density at radius 1 is 0.920 bits per heavy atom. The molecule has 0 bridgehead atoms. The predicted octanol–water partition coefficient (Wildman–Crippen LogP) is 3.37. The third-order valence-corrected chi connectivity index (χ3v) is 4.66. The average Bonchev–Trinajstić information content (AvgIpc) is 2.59. The van der Waals surface area contributed by atoms with E-state index in [9.17, 15) is 4.79 Å². The largest absolute Gasteiger partial charge is 0.376 e. The summed E-state index contributed by atoms with van der Waals surface area (Å²) in [5, 5.41) is 3.27. The fraction of sp³-hybridized carbons (Fsp3) is 0.381. The molecule has 0 aliphatic carbocycles. The third-order valence-electron chi connectivity index (χ3n) is 4.66. The topological polar surface area (TPSA) is 35.6 Å². The average molecular weight is 337 g/mol. The summed E-state index contributed by atoms with van der Waals surface area (Å²) >= 11 is 0. The number of aryl methyl sites for hydroxylation is 3. The Hall–Kier alpha value is -2.49. The van der Waals surface area contributed by atoms with Gasteiger partial charge in [0, 0.05) is 37.6 Å². The van der Waals surface area contributed by atoms with Crippen LogP contribution in [-0.4, -0.2) is 43.5 Å². The van der Waals surface area contributed by atoms with Crippen LogP contribution < -0.4 is 10.2 Å². The monoisotopic (exact) mass is 337 g/mol. The number of benzene rings is 2. The van der Waals surface area contributed by atoms with Crippen molar-refractivity contribution in [3.05, 3.63) is 59.2 Å². The maximum atomic E-state index is 12.5. The first-order valence-electron chi connectivity index (χ1n) is 8.93. The van der Waals surface area contributed by atoms with E-state index in [0.29, 0.717) is 6.54 Å². The lowest BCUT2D eigenvalue weighted by Gasteiger charge is -2.36. The quantitative estimate of drug-likeness (QED) is 0.929. The van der Waals surface area contributed by atoms with Gasteiger partial charge >= 0.3 is 0 Å². The zero-order chi connectivity index (χ0) is 17.8. The van der Waals surface area contributed by atoms with Gasteiger partial charge in [0.05, 0.1) is 6.54 Å². The second kappa shape index (κ2) is 7.60. The number of carbonyl (C=O) groups is 1. The SMILES string of the molecule is Cc1cc(C)cc(NCC(=O)N2CCN(c3cccc(C)c3)CC2)c1. The van der Waals surface area contributed by atoms with Crippen LogP contribution in [0.25, 0.3) is 0 Å². The van der Waals surface area contributed by atoms with E-state index in [1.165, 1.54) is 22.4 Å². The third kappa shape index (κ3) is 4.53. The van der Waals surface area contributed by atoms with Crippen molar-refractivity contribution >= 4 is 17.3 Å². The molecule has 0 unspecified atom stereocenters. The smallest absolute Gasteiger partial charge is 0.241 e. The lowest BCUT2D eigenvalue weighted by atomic mass is 10.1. The van der Waals surface area contributed by atoms with E-state index in [4.69, 9.17) is 0 Å². The number of amides is 1. The number of nitrogens with one attached hydrogen (secondary N) is 1. The highest BCUT2D eigenvalue weighted by Gasteiger charge is 2.21. The van der Waals surface area contributed by atoms with Crippen molar-refractivity contribution in [2.75, 3.05) is 42.9 Å². The molecule has 1 N–H and O–H groups in total. The summed E-state index contributed by atoms with van der Waals surface area (Å²) in [5.41, 5.74) is 5.96.